The van der Waals surface area contributed by atoms with Crippen LogP contribution in [0.15, 0.2) is 36.5 Å². The molecule has 2 atom stereocenters. The van der Waals surface area contributed by atoms with Crippen molar-refractivity contribution in [3.05, 3.63) is 36.5 Å². The van der Waals surface area contributed by atoms with Crippen molar-refractivity contribution in [2.75, 3.05) is 19.8 Å². The highest BCUT2D eigenvalue weighted by atomic mass is 31.2. The predicted octanol–water partition coefficient (Wildman–Crippen LogP) is 10.1. The van der Waals surface area contributed by atoms with Gasteiger partial charge in [-0.1, -0.05) is 121 Å². The Morgan fingerprint density at radius 1 is 0.636 bits per heavy atom. The van der Waals surface area contributed by atoms with Crippen LogP contribution in [0.5, 0.6) is 0 Å². The largest absolute Gasteiger partial charge is 0.472 e. The lowest BCUT2D eigenvalue weighted by atomic mass is 10.1. The number of phosphoric ester groups is 1. The molecule has 0 radical (unpaired) electrons. The molecule has 0 fully saturated rings. The first-order valence-corrected chi connectivity index (χ1v) is 18.8. The maximum atomic E-state index is 12.4. The number of ether oxygens (including phenoxy) is 2. The summed E-state index contributed by atoms with van der Waals surface area (Å²) in [6, 6.07) is 0. The number of hydrogen-bond donors (Lipinski definition) is 1. The molecule has 0 bridgehead atoms. The molecule has 0 heterocycles. The van der Waals surface area contributed by atoms with E-state index in [0.29, 0.717) is 6.42 Å². The molecule has 0 aromatic rings. The molecule has 9 heteroatoms. The molecule has 0 aliphatic rings. The molecule has 0 spiro atoms. The molecule has 0 amide bonds. The Hall–Kier alpha value is -1.73. The van der Waals surface area contributed by atoms with E-state index in [1.165, 1.54) is 51.4 Å². The fourth-order valence-electron chi connectivity index (χ4n) is 4.47. The first-order valence-electron chi connectivity index (χ1n) is 17.3. The maximum Gasteiger partial charge on any atom is 0.472 e. The SMILES string of the molecule is CC/C=C\C/C=C\C/C=C\CCCCCC(=O)OC(COC(=O)CCCCCCCCCCCCC)COP(=O)(O)OCC. The zero-order chi connectivity index (χ0) is 32.6. The van der Waals surface area contributed by atoms with E-state index < -0.39 is 26.5 Å². The molecule has 0 aromatic heterocycles. The van der Waals surface area contributed by atoms with Crippen LogP contribution in [0.25, 0.3) is 0 Å². The Kier molecular flexibility index (Phi) is 30.0. The predicted molar refractivity (Wildman–Crippen MR) is 179 cm³/mol. The van der Waals surface area contributed by atoms with Crippen LogP contribution in [0.4, 0.5) is 0 Å². The van der Waals surface area contributed by atoms with Gasteiger partial charge in [-0.25, -0.2) is 4.57 Å². The smallest absolute Gasteiger partial charge is 0.462 e. The summed E-state index contributed by atoms with van der Waals surface area (Å²) >= 11 is 0. The van der Waals surface area contributed by atoms with Crippen molar-refractivity contribution in [3.63, 3.8) is 0 Å². The standard InChI is InChI=1S/C35H63O8P/c1-4-7-9-11-13-15-17-18-20-22-24-26-28-30-35(37)43-33(32-42-44(38,39)41-6-3)31-40-34(36)29-27-25-23-21-19-16-14-12-10-8-5-2/h7,9,13,15,18,20,33H,4-6,8,10-12,14,16-17,19,21-32H2,1-3H3,(H,38,39)/b9-7-,15-13-,20-18-. The zero-order valence-corrected chi connectivity index (χ0v) is 29.0. The number of esters is 2. The molecule has 0 aliphatic carbocycles. The third-order valence-electron chi connectivity index (χ3n) is 6.96. The van der Waals surface area contributed by atoms with Crippen molar-refractivity contribution in [3.8, 4) is 0 Å². The van der Waals surface area contributed by atoms with Crippen LogP contribution in [-0.2, 0) is 32.7 Å². The lowest BCUT2D eigenvalue weighted by Gasteiger charge is -2.19. The van der Waals surface area contributed by atoms with Gasteiger partial charge < -0.3 is 14.4 Å². The molecule has 0 aliphatic heterocycles. The monoisotopic (exact) mass is 642 g/mol. The zero-order valence-electron chi connectivity index (χ0n) is 28.1. The minimum Gasteiger partial charge on any atom is -0.462 e. The first-order chi connectivity index (χ1) is 21.3. The van der Waals surface area contributed by atoms with E-state index >= 15 is 0 Å². The van der Waals surface area contributed by atoms with Crippen molar-refractivity contribution in [2.45, 2.75) is 155 Å². The fourth-order valence-corrected chi connectivity index (χ4v) is 5.22. The van der Waals surface area contributed by atoms with E-state index in [1.54, 1.807) is 6.92 Å². The van der Waals surface area contributed by atoms with Gasteiger partial charge in [0.25, 0.3) is 0 Å². The van der Waals surface area contributed by atoms with Gasteiger partial charge in [0, 0.05) is 12.8 Å². The Labute approximate surface area is 268 Å². The average molecular weight is 643 g/mol. The normalized spacial score (nSPS) is 14.0. The summed E-state index contributed by atoms with van der Waals surface area (Å²) in [7, 11) is -4.27. The highest BCUT2D eigenvalue weighted by Crippen LogP contribution is 2.43. The number of allylic oxidation sites excluding steroid dienone is 6. The number of carbonyl (C=O) groups is 2. The van der Waals surface area contributed by atoms with Gasteiger partial charge in [0.2, 0.25) is 0 Å². The highest BCUT2D eigenvalue weighted by molar-refractivity contribution is 7.47. The van der Waals surface area contributed by atoms with Crippen LogP contribution in [0.2, 0.25) is 0 Å². The number of phosphoric acid groups is 1. The van der Waals surface area contributed by atoms with E-state index in [9.17, 15) is 19.0 Å². The van der Waals surface area contributed by atoms with E-state index in [4.69, 9.17) is 18.5 Å². The van der Waals surface area contributed by atoms with Gasteiger partial charge in [-0.05, 0) is 51.9 Å². The van der Waals surface area contributed by atoms with Gasteiger partial charge in [0.15, 0.2) is 6.10 Å². The number of hydrogen-bond acceptors (Lipinski definition) is 7. The van der Waals surface area contributed by atoms with E-state index in [1.807, 2.05) is 0 Å². The van der Waals surface area contributed by atoms with Gasteiger partial charge in [0.1, 0.15) is 6.61 Å². The molecule has 0 aromatic carbocycles. The molecule has 0 saturated heterocycles. The molecular weight excluding hydrogens is 579 g/mol. The average Bonchev–Trinajstić information content (AvgIpc) is 2.99. The summed E-state index contributed by atoms with van der Waals surface area (Å²) in [5, 5.41) is 0. The number of rotatable bonds is 31. The van der Waals surface area contributed by atoms with Crippen LogP contribution >= 0.6 is 7.82 Å². The van der Waals surface area contributed by atoms with E-state index in [0.717, 1.165) is 57.8 Å². The van der Waals surface area contributed by atoms with E-state index in [2.05, 4.69) is 50.3 Å². The van der Waals surface area contributed by atoms with Crippen molar-refractivity contribution in [1.82, 2.24) is 0 Å². The second kappa shape index (κ2) is 31.3. The van der Waals surface area contributed by atoms with Gasteiger partial charge in [0.05, 0.1) is 13.2 Å². The second-order valence-corrected chi connectivity index (χ2v) is 12.6. The summed E-state index contributed by atoms with van der Waals surface area (Å²) in [6.45, 7) is 5.28. The summed E-state index contributed by atoms with van der Waals surface area (Å²) in [4.78, 5) is 34.4. The summed E-state index contributed by atoms with van der Waals surface area (Å²) in [5.41, 5.74) is 0. The number of unbranched alkanes of at least 4 members (excludes halogenated alkanes) is 13. The Morgan fingerprint density at radius 2 is 1.16 bits per heavy atom. The highest BCUT2D eigenvalue weighted by Gasteiger charge is 2.25. The quantitative estimate of drug-likeness (QED) is 0.0344. The van der Waals surface area contributed by atoms with Crippen LogP contribution in [0, 0.1) is 0 Å². The summed E-state index contributed by atoms with van der Waals surface area (Å²) in [5.74, 6) is -0.835. The Bertz CT molecular complexity index is 824. The third-order valence-corrected chi connectivity index (χ3v) is 8.02. The van der Waals surface area contributed by atoms with Crippen LogP contribution in [0.3, 0.4) is 0 Å². The first kappa shape index (κ1) is 42.3. The topological polar surface area (TPSA) is 108 Å². The van der Waals surface area contributed by atoms with Gasteiger partial charge in [-0.2, -0.15) is 0 Å². The molecule has 8 nitrogen and oxygen atoms in total. The molecule has 256 valence electrons. The molecule has 44 heavy (non-hydrogen) atoms. The summed E-state index contributed by atoms with van der Waals surface area (Å²) in [6.07, 6.45) is 32.0. The van der Waals surface area contributed by atoms with Crippen LogP contribution in [0.1, 0.15) is 149 Å². The number of carbonyl (C=O) groups excluding carboxylic acids is 2. The Balaban J connectivity index is 4.26. The van der Waals surface area contributed by atoms with Gasteiger partial charge >= 0.3 is 19.8 Å². The molecule has 0 saturated carbocycles. The maximum absolute atomic E-state index is 12.4. The molecular formula is C35H63O8P. The van der Waals surface area contributed by atoms with Crippen molar-refractivity contribution < 1.29 is 37.6 Å². The van der Waals surface area contributed by atoms with Crippen molar-refractivity contribution in [1.29, 1.82) is 0 Å². The molecule has 0 rings (SSSR count). The van der Waals surface area contributed by atoms with Crippen LogP contribution in [-0.4, -0.2) is 42.8 Å². The third kappa shape index (κ3) is 30.3. The fraction of sp³-hybridized carbons (Fsp3) is 0.771. The van der Waals surface area contributed by atoms with Gasteiger partial charge in [-0.15, -0.1) is 0 Å². The van der Waals surface area contributed by atoms with Crippen LogP contribution < -0.4 is 0 Å². The molecule has 2 unspecified atom stereocenters. The lowest BCUT2D eigenvalue weighted by molar-refractivity contribution is -0.161. The molecule has 1 N–H and O–H groups in total. The second-order valence-electron chi connectivity index (χ2n) is 11.2. The van der Waals surface area contributed by atoms with E-state index in [-0.39, 0.29) is 32.0 Å². The minimum absolute atomic E-state index is 0.00525. The van der Waals surface area contributed by atoms with Gasteiger partial charge in [-0.3, -0.25) is 18.6 Å². The van der Waals surface area contributed by atoms with Crippen molar-refractivity contribution >= 4 is 19.8 Å². The minimum atomic E-state index is -4.27. The van der Waals surface area contributed by atoms with Crippen molar-refractivity contribution in [2.24, 2.45) is 0 Å². The summed E-state index contributed by atoms with van der Waals surface area (Å²) < 4.78 is 32.4. The Morgan fingerprint density at radius 3 is 1.75 bits per heavy atom. The lowest BCUT2D eigenvalue weighted by Crippen LogP contribution is -2.29.